The number of thiophene rings is 1. The molecule has 0 fully saturated rings. The van der Waals surface area contributed by atoms with E-state index in [1.807, 2.05) is 16.8 Å². The molecular weight excluding hydrogens is 260 g/mol. The molecule has 0 spiro atoms. The zero-order valence-corrected chi connectivity index (χ0v) is 11.7. The van der Waals surface area contributed by atoms with Gasteiger partial charge in [-0.1, -0.05) is 0 Å². The molecule has 0 saturated carbocycles. The van der Waals surface area contributed by atoms with E-state index in [4.69, 9.17) is 10.5 Å². The summed E-state index contributed by atoms with van der Waals surface area (Å²) in [6.07, 6.45) is 0. The molecular formula is C14H16N2O2S. The van der Waals surface area contributed by atoms with Crippen molar-refractivity contribution in [2.24, 2.45) is 0 Å². The Bertz CT molecular complexity index is 567. The molecule has 1 heterocycles. The predicted molar refractivity (Wildman–Crippen MR) is 77.5 cm³/mol. The van der Waals surface area contributed by atoms with E-state index in [-0.39, 0.29) is 5.91 Å². The maximum absolute atomic E-state index is 12.4. The molecule has 1 amide bonds. The Hall–Kier alpha value is -2.01. The Morgan fingerprint density at radius 2 is 2.21 bits per heavy atom. The second-order valence-corrected chi connectivity index (χ2v) is 5.03. The summed E-state index contributed by atoms with van der Waals surface area (Å²) >= 11 is 1.62. The number of hydrogen-bond donors (Lipinski definition) is 1. The Morgan fingerprint density at radius 3 is 2.84 bits per heavy atom. The van der Waals surface area contributed by atoms with Crippen LogP contribution in [0.15, 0.2) is 35.0 Å². The summed E-state index contributed by atoms with van der Waals surface area (Å²) in [6.45, 7) is 0.579. The van der Waals surface area contributed by atoms with Crippen molar-refractivity contribution in [2.45, 2.75) is 6.54 Å². The zero-order chi connectivity index (χ0) is 13.8. The summed E-state index contributed by atoms with van der Waals surface area (Å²) in [5.74, 6) is 0.421. The van der Waals surface area contributed by atoms with E-state index in [9.17, 15) is 4.79 Å². The highest BCUT2D eigenvalue weighted by molar-refractivity contribution is 7.07. The van der Waals surface area contributed by atoms with E-state index in [0.29, 0.717) is 23.5 Å². The normalized spacial score (nSPS) is 10.2. The van der Waals surface area contributed by atoms with Crippen LogP contribution in [0.4, 0.5) is 5.69 Å². The van der Waals surface area contributed by atoms with E-state index in [1.54, 1.807) is 41.5 Å². The fourth-order valence-electron chi connectivity index (χ4n) is 1.82. The number of nitrogen functional groups attached to an aromatic ring is 1. The predicted octanol–water partition coefficient (Wildman–Crippen LogP) is 2.61. The fraction of sp³-hybridized carbons (Fsp3) is 0.214. The smallest absolute Gasteiger partial charge is 0.257 e. The number of rotatable bonds is 4. The van der Waals surface area contributed by atoms with Crippen molar-refractivity contribution in [1.82, 2.24) is 4.90 Å². The highest BCUT2D eigenvalue weighted by Crippen LogP contribution is 2.23. The number of carbonyl (C=O) groups excluding carboxylic acids is 1. The summed E-state index contributed by atoms with van der Waals surface area (Å²) in [7, 11) is 3.31. The Morgan fingerprint density at radius 1 is 1.42 bits per heavy atom. The van der Waals surface area contributed by atoms with Gasteiger partial charge in [-0.05, 0) is 34.5 Å². The molecule has 5 heteroatoms. The molecule has 0 aliphatic carbocycles. The van der Waals surface area contributed by atoms with Gasteiger partial charge in [-0.25, -0.2) is 0 Å². The Labute approximate surface area is 116 Å². The fourth-order valence-corrected chi connectivity index (χ4v) is 2.48. The van der Waals surface area contributed by atoms with E-state index in [0.717, 1.165) is 5.56 Å². The molecule has 0 saturated heterocycles. The molecule has 1 aromatic carbocycles. The first kappa shape index (κ1) is 13.4. The van der Waals surface area contributed by atoms with Crippen molar-refractivity contribution in [3.8, 4) is 5.75 Å². The molecule has 4 nitrogen and oxygen atoms in total. The van der Waals surface area contributed by atoms with Crippen LogP contribution in [0.3, 0.4) is 0 Å². The second kappa shape index (κ2) is 5.75. The van der Waals surface area contributed by atoms with Gasteiger partial charge in [0.2, 0.25) is 0 Å². The monoisotopic (exact) mass is 276 g/mol. The van der Waals surface area contributed by atoms with Gasteiger partial charge in [0, 0.05) is 25.3 Å². The van der Waals surface area contributed by atoms with Crippen LogP contribution in [0.5, 0.6) is 5.75 Å². The minimum atomic E-state index is -0.0805. The van der Waals surface area contributed by atoms with Crippen molar-refractivity contribution >= 4 is 22.9 Å². The minimum Gasteiger partial charge on any atom is -0.496 e. The highest BCUT2D eigenvalue weighted by Gasteiger charge is 2.17. The average molecular weight is 276 g/mol. The lowest BCUT2D eigenvalue weighted by Gasteiger charge is -2.18. The number of methoxy groups -OCH3 is 1. The summed E-state index contributed by atoms with van der Waals surface area (Å²) in [5.41, 5.74) is 7.91. The van der Waals surface area contributed by atoms with Gasteiger partial charge in [0.15, 0.2) is 0 Å². The van der Waals surface area contributed by atoms with E-state index >= 15 is 0 Å². The lowest BCUT2D eigenvalue weighted by molar-refractivity contribution is 0.0782. The maximum atomic E-state index is 12.4. The molecule has 0 atom stereocenters. The first-order valence-corrected chi connectivity index (χ1v) is 6.76. The van der Waals surface area contributed by atoms with Crippen molar-refractivity contribution < 1.29 is 9.53 Å². The molecule has 100 valence electrons. The van der Waals surface area contributed by atoms with Gasteiger partial charge < -0.3 is 15.4 Å². The summed E-state index contributed by atoms with van der Waals surface area (Å²) in [5, 5.41) is 4.03. The topological polar surface area (TPSA) is 55.6 Å². The highest BCUT2D eigenvalue weighted by atomic mass is 32.1. The van der Waals surface area contributed by atoms with Crippen LogP contribution in [-0.2, 0) is 6.54 Å². The minimum absolute atomic E-state index is 0.0805. The zero-order valence-electron chi connectivity index (χ0n) is 10.9. The van der Waals surface area contributed by atoms with E-state index in [2.05, 4.69) is 0 Å². The summed E-state index contributed by atoms with van der Waals surface area (Å²) in [6, 6.07) is 7.06. The van der Waals surface area contributed by atoms with Gasteiger partial charge in [-0.2, -0.15) is 11.3 Å². The molecule has 0 unspecified atom stereocenters. The number of nitrogens with two attached hydrogens (primary N) is 1. The Balaban J connectivity index is 2.19. The van der Waals surface area contributed by atoms with Crippen molar-refractivity contribution in [3.05, 3.63) is 46.2 Å². The Kier molecular flexibility index (Phi) is 4.06. The van der Waals surface area contributed by atoms with Crippen LogP contribution in [0.2, 0.25) is 0 Å². The SMILES string of the molecule is COc1cc(N)ccc1C(=O)N(C)Cc1ccsc1. The number of carbonyl (C=O) groups is 1. The van der Waals surface area contributed by atoms with Gasteiger partial charge in [-0.15, -0.1) is 0 Å². The van der Waals surface area contributed by atoms with Crippen LogP contribution in [0.25, 0.3) is 0 Å². The first-order valence-electron chi connectivity index (χ1n) is 5.82. The van der Waals surface area contributed by atoms with Gasteiger partial charge in [0.1, 0.15) is 5.75 Å². The number of amides is 1. The molecule has 0 bridgehead atoms. The van der Waals surface area contributed by atoms with Crippen LogP contribution >= 0.6 is 11.3 Å². The van der Waals surface area contributed by atoms with Crippen LogP contribution in [-0.4, -0.2) is 25.0 Å². The number of benzene rings is 1. The number of ether oxygens (including phenoxy) is 1. The number of hydrogen-bond acceptors (Lipinski definition) is 4. The third-order valence-corrected chi connectivity index (χ3v) is 3.53. The molecule has 2 N–H and O–H groups in total. The third kappa shape index (κ3) is 3.06. The lowest BCUT2D eigenvalue weighted by atomic mass is 10.1. The van der Waals surface area contributed by atoms with Gasteiger partial charge >= 0.3 is 0 Å². The second-order valence-electron chi connectivity index (χ2n) is 4.25. The first-order chi connectivity index (χ1) is 9.11. The summed E-state index contributed by atoms with van der Waals surface area (Å²) in [4.78, 5) is 14.0. The average Bonchev–Trinajstić information content (AvgIpc) is 2.90. The standard InChI is InChI=1S/C14H16N2O2S/c1-16(8-10-5-6-19-9-10)14(17)12-4-3-11(15)7-13(12)18-2/h3-7,9H,8,15H2,1-2H3. The molecule has 2 rings (SSSR count). The lowest BCUT2D eigenvalue weighted by Crippen LogP contribution is -2.26. The quantitative estimate of drug-likeness (QED) is 0.873. The van der Waals surface area contributed by atoms with Crippen LogP contribution in [0, 0.1) is 0 Å². The van der Waals surface area contributed by atoms with Crippen molar-refractivity contribution in [2.75, 3.05) is 19.9 Å². The number of nitrogens with zero attached hydrogens (tertiary/aromatic N) is 1. The van der Waals surface area contributed by atoms with E-state index in [1.165, 1.54) is 7.11 Å². The molecule has 0 aliphatic heterocycles. The molecule has 1 aromatic heterocycles. The van der Waals surface area contributed by atoms with Crippen molar-refractivity contribution in [1.29, 1.82) is 0 Å². The summed E-state index contributed by atoms with van der Waals surface area (Å²) < 4.78 is 5.21. The van der Waals surface area contributed by atoms with Gasteiger partial charge in [0.05, 0.1) is 12.7 Å². The molecule has 19 heavy (non-hydrogen) atoms. The number of anilines is 1. The molecule has 0 aliphatic rings. The molecule has 2 aromatic rings. The van der Waals surface area contributed by atoms with E-state index < -0.39 is 0 Å². The van der Waals surface area contributed by atoms with Crippen LogP contribution < -0.4 is 10.5 Å². The maximum Gasteiger partial charge on any atom is 0.257 e. The van der Waals surface area contributed by atoms with Crippen LogP contribution in [0.1, 0.15) is 15.9 Å². The molecule has 0 radical (unpaired) electrons. The largest absolute Gasteiger partial charge is 0.496 e. The third-order valence-electron chi connectivity index (χ3n) is 2.80. The van der Waals surface area contributed by atoms with Crippen molar-refractivity contribution in [3.63, 3.8) is 0 Å². The van der Waals surface area contributed by atoms with Gasteiger partial charge in [0.25, 0.3) is 5.91 Å². The van der Waals surface area contributed by atoms with Gasteiger partial charge in [-0.3, -0.25) is 4.79 Å².